The SMILES string of the molecule is O=C(O)CCCS(=O)(=O)Nc1ccc(F)c(C(F)(F)F)c1. The number of hydrogen-bond donors (Lipinski definition) is 2. The fraction of sp³-hybridized carbons (Fsp3) is 0.364. The number of carbonyl (C=O) groups is 1. The Hall–Kier alpha value is -1.84. The lowest BCUT2D eigenvalue weighted by Gasteiger charge is -2.12. The summed E-state index contributed by atoms with van der Waals surface area (Å²) < 4.78 is 75.4. The van der Waals surface area contributed by atoms with E-state index in [0.717, 1.165) is 6.07 Å². The Labute approximate surface area is 117 Å². The molecule has 0 aliphatic heterocycles. The summed E-state index contributed by atoms with van der Waals surface area (Å²) in [5.41, 5.74) is -2.03. The Morgan fingerprint density at radius 2 is 1.90 bits per heavy atom. The lowest BCUT2D eigenvalue weighted by molar-refractivity contribution is -0.140. The number of benzene rings is 1. The number of halogens is 4. The van der Waals surface area contributed by atoms with Gasteiger partial charge in [0.25, 0.3) is 0 Å². The minimum atomic E-state index is -4.95. The van der Waals surface area contributed by atoms with E-state index in [1.807, 2.05) is 4.72 Å². The van der Waals surface area contributed by atoms with E-state index in [9.17, 15) is 30.8 Å². The summed E-state index contributed by atoms with van der Waals surface area (Å²) in [5, 5.41) is 8.37. The van der Waals surface area contributed by atoms with Gasteiger partial charge in [-0.3, -0.25) is 9.52 Å². The topological polar surface area (TPSA) is 83.5 Å². The molecule has 0 spiro atoms. The first-order valence-corrected chi connectivity index (χ1v) is 7.25. The molecule has 118 valence electrons. The molecule has 0 bridgehead atoms. The van der Waals surface area contributed by atoms with Crippen molar-refractivity contribution in [3.8, 4) is 0 Å². The molecule has 1 rings (SSSR count). The second kappa shape index (κ2) is 6.29. The van der Waals surface area contributed by atoms with E-state index < -0.39 is 51.4 Å². The molecule has 0 saturated heterocycles. The van der Waals surface area contributed by atoms with Crippen molar-refractivity contribution in [1.82, 2.24) is 0 Å². The van der Waals surface area contributed by atoms with E-state index in [2.05, 4.69) is 0 Å². The number of carboxylic acid groups (broad SMARTS) is 1. The quantitative estimate of drug-likeness (QED) is 0.785. The van der Waals surface area contributed by atoms with Crippen molar-refractivity contribution < 1.29 is 35.9 Å². The van der Waals surface area contributed by atoms with Crippen LogP contribution in [0.3, 0.4) is 0 Å². The van der Waals surface area contributed by atoms with Gasteiger partial charge in [-0.15, -0.1) is 0 Å². The predicted octanol–water partition coefficient (Wildman–Crippen LogP) is 2.45. The molecule has 1 aromatic carbocycles. The second-order valence-corrected chi connectivity index (χ2v) is 5.95. The fourth-order valence-electron chi connectivity index (χ4n) is 1.45. The van der Waals surface area contributed by atoms with Crippen molar-refractivity contribution in [2.45, 2.75) is 19.0 Å². The molecule has 0 saturated carbocycles. The molecule has 1 aromatic rings. The lowest BCUT2D eigenvalue weighted by Crippen LogP contribution is -2.18. The second-order valence-electron chi connectivity index (χ2n) is 4.11. The van der Waals surface area contributed by atoms with E-state index in [0.29, 0.717) is 12.1 Å². The Morgan fingerprint density at radius 1 is 1.29 bits per heavy atom. The van der Waals surface area contributed by atoms with Crippen LogP contribution >= 0.6 is 0 Å². The van der Waals surface area contributed by atoms with Crippen LogP contribution in [0.2, 0.25) is 0 Å². The number of hydrogen-bond acceptors (Lipinski definition) is 3. The van der Waals surface area contributed by atoms with E-state index in [4.69, 9.17) is 5.11 Å². The number of carboxylic acids is 1. The molecule has 5 nitrogen and oxygen atoms in total. The van der Waals surface area contributed by atoms with Gasteiger partial charge in [-0.1, -0.05) is 0 Å². The van der Waals surface area contributed by atoms with Crippen LogP contribution in [0, 0.1) is 5.82 Å². The molecular weight excluding hydrogens is 318 g/mol. The number of alkyl halides is 3. The smallest absolute Gasteiger partial charge is 0.419 e. The molecule has 0 radical (unpaired) electrons. The highest BCUT2D eigenvalue weighted by atomic mass is 32.2. The van der Waals surface area contributed by atoms with Crippen molar-refractivity contribution in [1.29, 1.82) is 0 Å². The maximum Gasteiger partial charge on any atom is 0.419 e. The average molecular weight is 329 g/mol. The van der Waals surface area contributed by atoms with Gasteiger partial charge in [-0.25, -0.2) is 12.8 Å². The van der Waals surface area contributed by atoms with Crippen molar-refractivity contribution in [2.75, 3.05) is 10.5 Å². The fourth-order valence-corrected chi connectivity index (χ4v) is 2.56. The average Bonchev–Trinajstić information content (AvgIpc) is 2.29. The molecule has 21 heavy (non-hydrogen) atoms. The number of aliphatic carboxylic acids is 1. The zero-order valence-corrected chi connectivity index (χ0v) is 11.3. The van der Waals surface area contributed by atoms with Gasteiger partial charge in [0.05, 0.1) is 11.3 Å². The Kier molecular flexibility index (Phi) is 5.15. The third kappa shape index (κ3) is 5.58. The molecule has 0 amide bonds. The van der Waals surface area contributed by atoms with Gasteiger partial charge >= 0.3 is 12.1 Å². The monoisotopic (exact) mass is 329 g/mol. The van der Waals surface area contributed by atoms with Crippen LogP contribution in [0.5, 0.6) is 0 Å². The Bertz CT molecular complexity index is 628. The van der Waals surface area contributed by atoms with E-state index >= 15 is 0 Å². The van der Waals surface area contributed by atoms with Gasteiger partial charge in [0.15, 0.2) is 0 Å². The van der Waals surface area contributed by atoms with Crippen LogP contribution in [-0.2, 0) is 21.0 Å². The van der Waals surface area contributed by atoms with E-state index in [1.54, 1.807) is 0 Å². The van der Waals surface area contributed by atoms with Crippen LogP contribution in [0.15, 0.2) is 18.2 Å². The van der Waals surface area contributed by atoms with Gasteiger partial charge in [-0.05, 0) is 24.6 Å². The molecule has 0 unspecified atom stereocenters. The summed E-state index contributed by atoms with van der Waals surface area (Å²) in [7, 11) is -4.01. The standard InChI is InChI=1S/C11H11F4NO4S/c12-9-4-3-7(6-8(9)11(13,14)15)16-21(19,20)5-1-2-10(17)18/h3-4,6,16H,1-2,5H2,(H,17,18). The zero-order chi connectivity index (χ0) is 16.3. The maximum atomic E-state index is 13.0. The number of rotatable bonds is 6. The summed E-state index contributed by atoms with van der Waals surface area (Å²) in [6.07, 6.45) is -5.54. The first kappa shape index (κ1) is 17.2. The molecule has 2 N–H and O–H groups in total. The van der Waals surface area contributed by atoms with Crippen LogP contribution < -0.4 is 4.72 Å². The van der Waals surface area contributed by atoms with Crippen molar-refractivity contribution >= 4 is 21.7 Å². The Morgan fingerprint density at radius 3 is 2.43 bits per heavy atom. The molecule has 0 aliphatic carbocycles. The van der Waals surface area contributed by atoms with Crippen LogP contribution in [0.4, 0.5) is 23.2 Å². The Balaban J connectivity index is 2.86. The van der Waals surface area contributed by atoms with Crippen molar-refractivity contribution in [3.05, 3.63) is 29.6 Å². The minimum Gasteiger partial charge on any atom is -0.481 e. The van der Waals surface area contributed by atoms with Gasteiger partial charge < -0.3 is 5.11 Å². The molecule has 0 fully saturated rings. The molecule has 0 aromatic heterocycles. The van der Waals surface area contributed by atoms with Crippen LogP contribution in [-0.4, -0.2) is 25.2 Å². The first-order valence-electron chi connectivity index (χ1n) is 5.60. The van der Waals surface area contributed by atoms with E-state index in [1.165, 1.54) is 0 Å². The highest BCUT2D eigenvalue weighted by Gasteiger charge is 2.34. The lowest BCUT2D eigenvalue weighted by atomic mass is 10.2. The molecule has 10 heteroatoms. The number of sulfonamides is 1. The summed E-state index contributed by atoms with van der Waals surface area (Å²) in [4.78, 5) is 10.3. The van der Waals surface area contributed by atoms with Crippen LogP contribution in [0.1, 0.15) is 18.4 Å². The summed E-state index contributed by atoms with van der Waals surface area (Å²) in [6, 6.07) is 1.68. The predicted molar refractivity (Wildman–Crippen MR) is 65.7 cm³/mol. The highest BCUT2D eigenvalue weighted by Crippen LogP contribution is 2.33. The molecule has 0 heterocycles. The summed E-state index contributed by atoms with van der Waals surface area (Å²) in [5.74, 6) is -3.28. The third-order valence-electron chi connectivity index (χ3n) is 2.35. The normalized spacial score (nSPS) is 12.2. The third-order valence-corrected chi connectivity index (χ3v) is 3.72. The molecular formula is C11H11F4NO4S. The number of anilines is 1. The largest absolute Gasteiger partial charge is 0.481 e. The van der Waals surface area contributed by atoms with Gasteiger partial charge in [0, 0.05) is 12.1 Å². The van der Waals surface area contributed by atoms with E-state index in [-0.39, 0.29) is 6.42 Å². The summed E-state index contributed by atoms with van der Waals surface area (Å²) >= 11 is 0. The minimum absolute atomic E-state index is 0.196. The maximum absolute atomic E-state index is 13.0. The highest BCUT2D eigenvalue weighted by molar-refractivity contribution is 7.92. The molecule has 0 aliphatic rings. The summed E-state index contributed by atoms with van der Waals surface area (Å²) in [6.45, 7) is 0. The van der Waals surface area contributed by atoms with Crippen molar-refractivity contribution in [3.63, 3.8) is 0 Å². The first-order chi connectivity index (χ1) is 9.51. The molecule has 0 atom stereocenters. The van der Waals surface area contributed by atoms with Crippen molar-refractivity contribution in [2.24, 2.45) is 0 Å². The van der Waals surface area contributed by atoms with Crippen LogP contribution in [0.25, 0.3) is 0 Å². The van der Waals surface area contributed by atoms with Gasteiger partial charge in [0.1, 0.15) is 5.82 Å². The van der Waals surface area contributed by atoms with Gasteiger partial charge in [-0.2, -0.15) is 13.2 Å². The zero-order valence-electron chi connectivity index (χ0n) is 10.4. The number of nitrogens with one attached hydrogen (secondary N) is 1. The van der Waals surface area contributed by atoms with Gasteiger partial charge in [0.2, 0.25) is 10.0 Å².